The standard InChI is InChI=1S/C19H27NO3/c1-3-5-6-7-11-23-13-14(4-2)12-15-9-8-10-16-17(15)19(22)20-18(16)21/h8-10,14H,3-7,11-13H2,1-2H3,(H,20,21,22). The van der Waals surface area contributed by atoms with E-state index in [1.54, 1.807) is 6.07 Å². The maximum atomic E-state index is 12.0. The predicted molar refractivity (Wildman–Crippen MR) is 90.7 cm³/mol. The third kappa shape index (κ3) is 4.64. The molecule has 0 aromatic heterocycles. The van der Waals surface area contributed by atoms with Crippen LogP contribution in [0.3, 0.4) is 0 Å². The first-order valence-corrected chi connectivity index (χ1v) is 8.72. The summed E-state index contributed by atoms with van der Waals surface area (Å²) in [5.41, 5.74) is 2.01. The Bertz CT molecular complexity index is 554. The van der Waals surface area contributed by atoms with Gasteiger partial charge in [-0.1, -0.05) is 51.7 Å². The van der Waals surface area contributed by atoms with Crippen LogP contribution in [0.4, 0.5) is 0 Å². The van der Waals surface area contributed by atoms with Crippen molar-refractivity contribution in [3.8, 4) is 0 Å². The number of ether oxygens (including phenoxy) is 1. The number of amides is 2. The van der Waals surface area contributed by atoms with Gasteiger partial charge in [0.2, 0.25) is 0 Å². The van der Waals surface area contributed by atoms with E-state index in [0.717, 1.165) is 31.4 Å². The van der Waals surface area contributed by atoms with E-state index in [4.69, 9.17) is 4.74 Å². The second-order valence-corrected chi connectivity index (χ2v) is 6.24. The molecule has 1 N–H and O–H groups in total. The number of benzene rings is 1. The molecule has 4 nitrogen and oxygen atoms in total. The normalized spacial score (nSPS) is 14.7. The molecule has 0 fully saturated rings. The molecule has 1 unspecified atom stereocenters. The highest BCUT2D eigenvalue weighted by Gasteiger charge is 2.29. The minimum absolute atomic E-state index is 0.268. The summed E-state index contributed by atoms with van der Waals surface area (Å²) in [6.45, 7) is 5.86. The van der Waals surface area contributed by atoms with Gasteiger partial charge < -0.3 is 4.74 Å². The minimum atomic E-state index is -0.285. The van der Waals surface area contributed by atoms with Crippen molar-refractivity contribution in [3.63, 3.8) is 0 Å². The summed E-state index contributed by atoms with van der Waals surface area (Å²) in [6.07, 6.45) is 6.60. The second kappa shape index (κ2) is 8.82. The molecule has 0 saturated heterocycles. The van der Waals surface area contributed by atoms with Crippen molar-refractivity contribution in [2.45, 2.75) is 52.4 Å². The molecule has 0 radical (unpaired) electrons. The lowest BCUT2D eigenvalue weighted by atomic mass is 9.92. The number of carbonyl (C=O) groups excluding carboxylic acids is 2. The van der Waals surface area contributed by atoms with Gasteiger partial charge in [-0.15, -0.1) is 0 Å². The molecule has 0 bridgehead atoms. The lowest BCUT2D eigenvalue weighted by Crippen LogP contribution is -2.20. The smallest absolute Gasteiger partial charge is 0.259 e. The number of hydrogen-bond acceptors (Lipinski definition) is 3. The lowest BCUT2D eigenvalue weighted by molar-refractivity contribution is 0.0876. The van der Waals surface area contributed by atoms with Gasteiger partial charge in [-0.2, -0.15) is 0 Å². The quantitative estimate of drug-likeness (QED) is 0.528. The van der Waals surface area contributed by atoms with Crippen LogP contribution in [0, 0.1) is 5.92 Å². The molecule has 2 rings (SSSR count). The number of imide groups is 1. The first kappa shape index (κ1) is 17.7. The number of unbranched alkanes of at least 4 members (excludes halogenated alkanes) is 3. The molecule has 1 aliphatic heterocycles. The lowest BCUT2D eigenvalue weighted by Gasteiger charge is -2.16. The van der Waals surface area contributed by atoms with Gasteiger partial charge >= 0.3 is 0 Å². The van der Waals surface area contributed by atoms with Crippen LogP contribution in [0.25, 0.3) is 0 Å². The van der Waals surface area contributed by atoms with Gasteiger partial charge in [0.05, 0.1) is 11.1 Å². The molecule has 1 aliphatic rings. The van der Waals surface area contributed by atoms with Crippen LogP contribution in [0.2, 0.25) is 0 Å². The van der Waals surface area contributed by atoms with E-state index >= 15 is 0 Å². The Kier molecular flexibility index (Phi) is 6.78. The largest absolute Gasteiger partial charge is 0.381 e. The zero-order valence-corrected chi connectivity index (χ0v) is 14.2. The highest BCUT2D eigenvalue weighted by Crippen LogP contribution is 2.23. The number of carbonyl (C=O) groups is 2. The Morgan fingerprint density at radius 3 is 2.65 bits per heavy atom. The molecule has 23 heavy (non-hydrogen) atoms. The maximum Gasteiger partial charge on any atom is 0.259 e. The molecule has 2 amide bonds. The van der Waals surface area contributed by atoms with Crippen molar-refractivity contribution in [2.24, 2.45) is 5.92 Å². The summed E-state index contributed by atoms with van der Waals surface area (Å²) < 4.78 is 5.81. The van der Waals surface area contributed by atoms with Gasteiger partial charge in [0, 0.05) is 13.2 Å². The zero-order valence-electron chi connectivity index (χ0n) is 14.2. The highest BCUT2D eigenvalue weighted by atomic mass is 16.5. The summed E-state index contributed by atoms with van der Waals surface area (Å²) in [5, 5.41) is 2.38. The average Bonchev–Trinajstić information content (AvgIpc) is 2.85. The molecule has 0 aliphatic carbocycles. The Morgan fingerprint density at radius 2 is 1.91 bits per heavy atom. The molecule has 126 valence electrons. The third-order valence-corrected chi connectivity index (χ3v) is 4.43. The van der Waals surface area contributed by atoms with Crippen molar-refractivity contribution in [1.82, 2.24) is 5.32 Å². The summed E-state index contributed by atoms with van der Waals surface area (Å²) in [5.74, 6) is -0.181. The van der Waals surface area contributed by atoms with Crippen molar-refractivity contribution in [2.75, 3.05) is 13.2 Å². The summed E-state index contributed by atoms with van der Waals surface area (Å²) in [7, 11) is 0. The van der Waals surface area contributed by atoms with Crippen LogP contribution in [-0.4, -0.2) is 25.0 Å². The number of nitrogens with one attached hydrogen (secondary N) is 1. The number of fused-ring (bicyclic) bond motifs is 1. The van der Waals surface area contributed by atoms with E-state index in [9.17, 15) is 9.59 Å². The van der Waals surface area contributed by atoms with Crippen molar-refractivity contribution in [3.05, 3.63) is 34.9 Å². The van der Waals surface area contributed by atoms with E-state index in [0.29, 0.717) is 23.7 Å². The Hall–Kier alpha value is -1.68. The molecule has 0 saturated carbocycles. The van der Waals surface area contributed by atoms with Gasteiger partial charge in [-0.05, 0) is 30.4 Å². The van der Waals surface area contributed by atoms with Gasteiger partial charge in [0.25, 0.3) is 11.8 Å². The highest BCUT2D eigenvalue weighted by molar-refractivity contribution is 6.22. The van der Waals surface area contributed by atoms with Crippen LogP contribution >= 0.6 is 0 Å². The predicted octanol–water partition coefficient (Wildman–Crippen LogP) is 3.74. The molecule has 0 spiro atoms. The monoisotopic (exact) mass is 317 g/mol. The first-order valence-electron chi connectivity index (χ1n) is 8.72. The molecule has 1 aromatic rings. The van der Waals surface area contributed by atoms with Crippen LogP contribution in [0.15, 0.2) is 18.2 Å². The summed E-state index contributed by atoms with van der Waals surface area (Å²) in [4.78, 5) is 23.7. The van der Waals surface area contributed by atoms with Crippen molar-refractivity contribution in [1.29, 1.82) is 0 Å². The van der Waals surface area contributed by atoms with E-state index in [-0.39, 0.29) is 11.8 Å². The fourth-order valence-corrected chi connectivity index (χ4v) is 2.97. The van der Waals surface area contributed by atoms with E-state index in [1.165, 1.54) is 19.3 Å². The van der Waals surface area contributed by atoms with Gasteiger partial charge in [0.15, 0.2) is 0 Å². The van der Waals surface area contributed by atoms with E-state index in [1.807, 2.05) is 12.1 Å². The van der Waals surface area contributed by atoms with Crippen LogP contribution in [0.5, 0.6) is 0 Å². The summed E-state index contributed by atoms with van der Waals surface area (Å²) in [6, 6.07) is 5.51. The van der Waals surface area contributed by atoms with Crippen LogP contribution in [0.1, 0.15) is 72.2 Å². The molecular formula is C19H27NO3. The van der Waals surface area contributed by atoms with E-state index in [2.05, 4.69) is 19.2 Å². The maximum absolute atomic E-state index is 12.0. The van der Waals surface area contributed by atoms with Crippen LogP contribution < -0.4 is 5.32 Å². The van der Waals surface area contributed by atoms with Gasteiger partial charge in [-0.3, -0.25) is 14.9 Å². The van der Waals surface area contributed by atoms with Crippen molar-refractivity contribution >= 4 is 11.8 Å². The third-order valence-electron chi connectivity index (χ3n) is 4.43. The first-order chi connectivity index (χ1) is 11.2. The number of rotatable bonds is 10. The second-order valence-electron chi connectivity index (χ2n) is 6.24. The molecular weight excluding hydrogens is 290 g/mol. The molecule has 1 atom stereocenters. The molecule has 4 heteroatoms. The van der Waals surface area contributed by atoms with Gasteiger partial charge in [0.1, 0.15) is 0 Å². The Morgan fingerprint density at radius 1 is 1.09 bits per heavy atom. The molecule has 1 heterocycles. The SMILES string of the molecule is CCCCCCOCC(CC)Cc1cccc2c1C(=O)NC2=O. The van der Waals surface area contributed by atoms with Crippen molar-refractivity contribution < 1.29 is 14.3 Å². The topological polar surface area (TPSA) is 55.4 Å². The zero-order chi connectivity index (χ0) is 16.7. The Balaban J connectivity index is 1.90. The Labute approximate surface area is 138 Å². The van der Waals surface area contributed by atoms with Gasteiger partial charge in [-0.25, -0.2) is 0 Å². The fraction of sp³-hybridized carbons (Fsp3) is 0.579. The number of hydrogen-bond donors (Lipinski definition) is 1. The summed E-state index contributed by atoms with van der Waals surface area (Å²) >= 11 is 0. The minimum Gasteiger partial charge on any atom is -0.381 e. The van der Waals surface area contributed by atoms with Crippen LogP contribution in [-0.2, 0) is 11.2 Å². The van der Waals surface area contributed by atoms with E-state index < -0.39 is 0 Å². The average molecular weight is 317 g/mol. The molecule has 1 aromatic carbocycles. The fourth-order valence-electron chi connectivity index (χ4n) is 2.97.